The smallest absolute Gasteiger partial charge is 0.407 e. The van der Waals surface area contributed by atoms with Crippen LogP contribution in [-0.4, -0.2) is 67.8 Å². The van der Waals surface area contributed by atoms with Crippen molar-refractivity contribution in [3.05, 3.63) is 108 Å². The number of likely N-dealkylation sites (tertiary alicyclic amines) is 2. The van der Waals surface area contributed by atoms with Crippen molar-refractivity contribution >= 4 is 17.9 Å². The minimum Gasteiger partial charge on any atom is -0.453 e. The number of ether oxygens (including phenoxy) is 1. The van der Waals surface area contributed by atoms with Crippen LogP contribution >= 0.6 is 0 Å². The molecule has 0 unspecified atom stereocenters. The average molecular weight is 700 g/mol. The monoisotopic (exact) mass is 699 g/mol. The topological polar surface area (TPSA) is 136 Å². The molecule has 0 spiro atoms. The lowest BCUT2D eigenvalue weighted by Gasteiger charge is -2.28. The number of aromatic nitrogens is 4. The van der Waals surface area contributed by atoms with Crippen LogP contribution in [0.15, 0.2) is 91.3 Å². The molecule has 7 rings (SSSR count). The van der Waals surface area contributed by atoms with Crippen molar-refractivity contribution in [2.45, 2.75) is 64.1 Å². The van der Waals surface area contributed by atoms with Crippen molar-refractivity contribution in [1.29, 1.82) is 0 Å². The first-order valence-electron chi connectivity index (χ1n) is 18.1. The van der Waals surface area contributed by atoms with Crippen LogP contribution in [-0.2, 0) is 14.3 Å². The molecule has 3 amide bonds. The Labute approximate surface area is 303 Å². The van der Waals surface area contributed by atoms with Crippen LogP contribution in [0.4, 0.5) is 4.79 Å². The predicted molar refractivity (Wildman–Crippen MR) is 199 cm³/mol. The Morgan fingerprint density at radius 3 is 1.77 bits per heavy atom. The zero-order valence-corrected chi connectivity index (χ0v) is 29.8. The summed E-state index contributed by atoms with van der Waals surface area (Å²) in [7, 11) is 1.29. The summed E-state index contributed by atoms with van der Waals surface area (Å²) in [5.41, 5.74) is 6.70. The molecule has 52 heavy (non-hydrogen) atoms. The normalized spacial score (nSPS) is 17.8. The highest BCUT2D eigenvalue weighted by molar-refractivity contribution is 5.87. The second-order valence-electron chi connectivity index (χ2n) is 14.0. The number of nitrogens with one attached hydrogen (secondary N) is 3. The summed E-state index contributed by atoms with van der Waals surface area (Å²) in [5, 5.41) is 2.71. The lowest BCUT2D eigenvalue weighted by Crippen LogP contribution is -2.42. The summed E-state index contributed by atoms with van der Waals surface area (Å²) >= 11 is 0. The van der Waals surface area contributed by atoms with Gasteiger partial charge in [0.15, 0.2) is 0 Å². The summed E-state index contributed by atoms with van der Waals surface area (Å²) in [6.45, 7) is 5.51. The van der Waals surface area contributed by atoms with E-state index in [1.807, 2.05) is 47.6 Å². The molecule has 3 aromatic carbocycles. The van der Waals surface area contributed by atoms with Gasteiger partial charge in [-0.25, -0.2) is 14.8 Å². The van der Waals surface area contributed by atoms with Crippen molar-refractivity contribution in [3.8, 4) is 33.6 Å². The Kier molecular flexibility index (Phi) is 10.2. The summed E-state index contributed by atoms with van der Waals surface area (Å²) in [5.74, 6) is 1.91. The fourth-order valence-electron chi connectivity index (χ4n) is 7.40. The zero-order chi connectivity index (χ0) is 36.2. The molecule has 2 aliphatic heterocycles. The fourth-order valence-corrected chi connectivity index (χ4v) is 7.40. The van der Waals surface area contributed by atoms with Gasteiger partial charge in [0, 0.05) is 19.5 Å². The molecule has 0 bridgehead atoms. The molecule has 0 saturated carbocycles. The van der Waals surface area contributed by atoms with E-state index in [2.05, 4.69) is 82.6 Å². The Balaban J connectivity index is 1.02. The highest BCUT2D eigenvalue weighted by Gasteiger charge is 2.37. The molecule has 11 nitrogen and oxygen atoms in total. The number of nitrogens with zero attached hydrogens (tertiary/aromatic N) is 4. The van der Waals surface area contributed by atoms with Crippen LogP contribution in [0.3, 0.4) is 0 Å². The maximum atomic E-state index is 13.8. The maximum Gasteiger partial charge on any atom is 0.407 e. The van der Waals surface area contributed by atoms with E-state index in [4.69, 9.17) is 9.72 Å². The van der Waals surface area contributed by atoms with Crippen molar-refractivity contribution < 1.29 is 19.1 Å². The molecule has 4 heterocycles. The Morgan fingerprint density at radius 2 is 1.25 bits per heavy atom. The summed E-state index contributed by atoms with van der Waals surface area (Å²) in [6, 6.07) is 24.8. The number of carbonyl (C=O) groups is 3. The van der Waals surface area contributed by atoms with E-state index in [0.29, 0.717) is 24.4 Å². The molecule has 3 N–H and O–H groups in total. The molecule has 2 aliphatic rings. The maximum absolute atomic E-state index is 13.8. The van der Waals surface area contributed by atoms with Crippen LogP contribution in [0.2, 0.25) is 0 Å². The predicted octanol–water partition coefficient (Wildman–Crippen LogP) is 7.60. The SMILES string of the molecule is COC(=O)N[C@@H](C(=O)N1CCC[C@H]1c1ncc(-c2ccc(-c3ccc(-c4cnc([C@@H]5CCCN5C(=O)CC(C)C)[nH]4)cc3)cc2)[nH]1)c1ccccc1. The average Bonchev–Trinajstić information content (AvgIpc) is 4.00. The van der Waals surface area contributed by atoms with Gasteiger partial charge in [-0.3, -0.25) is 9.59 Å². The molecule has 3 atom stereocenters. The van der Waals surface area contributed by atoms with Gasteiger partial charge in [-0.15, -0.1) is 0 Å². The third kappa shape index (κ3) is 7.35. The van der Waals surface area contributed by atoms with Crippen molar-refractivity contribution in [1.82, 2.24) is 35.1 Å². The lowest BCUT2D eigenvalue weighted by molar-refractivity contribution is -0.135. The zero-order valence-electron chi connectivity index (χ0n) is 29.8. The van der Waals surface area contributed by atoms with Gasteiger partial charge in [-0.05, 0) is 59.4 Å². The Morgan fingerprint density at radius 1 is 0.750 bits per heavy atom. The molecule has 2 aromatic heterocycles. The molecule has 0 radical (unpaired) electrons. The number of hydrogen-bond acceptors (Lipinski definition) is 6. The highest BCUT2D eigenvalue weighted by atomic mass is 16.5. The molecule has 2 fully saturated rings. The van der Waals surface area contributed by atoms with Crippen LogP contribution in [0.5, 0.6) is 0 Å². The number of aromatic amines is 2. The summed E-state index contributed by atoms with van der Waals surface area (Å²) in [4.78, 5) is 59.0. The molecule has 5 aromatic rings. The number of imidazole rings is 2. The highest BCUT2D eigenvalue weighted by Crippen LogP contribution is 2.35. The first kappa shape index (κ1) is 34.7. The molecular weight excluding hydrogens is 654 g/mol. The van der Waals surface area contributed by atoms with E-state index >= 15 is 0 Å². The second-order valence-corrected chi connectivity index (χ2v) is 14.0. The first-order valence-corrected chi connectivity index (χ1v) is 18.1. The number of carbonyl (C=O) groups excluding carboxylic acids is 3. The number of H-pyrrole nitrogens is 2. The van der Waals surface area contributed by atoms with Gasteiger partial charge in [0.2, 0.25) is 5.91 Å². The second kappa shape index (κ2) is 15.3. The number of amides is 3. The van der Waals surface area contributed by atoms with Crippen LogP contribution in [0.25, 0.3) is 33.6 Å². The van der Waals surface area contributed by atoms with Gasteiger partial charge in [0.25, 0.3) is 5.91 Å². The molecule has 268 valence electrons. The molecular formula is C41H45N7O4. The van der Waals surface area contributed by atoms with E-state index in [-0.39, 0.29) is 23.9 Å². The van der Waals surface area contributed by atoms with E-state index in [9.17, 15) is 14.4 Å². The minimum atomic E-state index is -0.864. The van der Waals surface area contributed by atoms with Gasteiger partial charge in [-0.1, -0.05) is 92.7 Å². The quantitative estimate of drug-likeness (QED) is 0.137. The summed E-state index contributed by atoms with van der Waals surface area (Å²) < 4.78 is 4.82. The van der Waals surface area contributed by atoms with Gasteiger partial charge in [-0.2, -0.15) is 0 Å². The van der Waals surface area contributed by atoms with E-state index in [1.54, 1.807) is 4.90 Å². The number of benzene rings is 3. The molecule has 11 heteroatoms. The standard InChI is InChI=1S/C41H45N7O4/c1-26(2)23-36(49)47-21-7-11-34(47)38-42-24-32(44-38)29-17-13-27(14-18-29)28-15-19-30(20-16-28)33-25-43-39(45-33)35-12-8-22-48(35)40(50)37(46-41(51)52-3)31-9-5-4-6-10-31/h4-6,9-10,13-20,24-26,34-35,37H,7-8,11-12,21-23H2,1-3H3,(H,42,44)(H,43,45)(H,46,51)/t34-,35-,37+/m0/s1. The fraction of sp³-hybridized carbons (Fsp3) is 0.341. The molecule has 0 aliphatic carbocycles. The van der Waals surface area contributed by atoms with Crippen LogP contribution in [0.1, 0.15) is 81.3 Å². The minimum absolute atomic E-state index is 0.00524. The number of hydrogen-bond donors (Lipinski definition) is 3. The Hall–Kier alpha value is -5.71. The number of alkyl carbamates (subject to hydrolysis) is 1. The number of methoxy groups -OCH3 is 1. The van der Waals surface area contributed by atoms with Gasteiger partial charge in [0.1, 0.15) is 17.7 Å². The summed E-state index contributed by atoms with van der Waals surface area (Å²) in [6.07, 6.45) is 7.10. The van der Waals surface area contributed by atoms with Crippen molar-refractivity contribution in [3.63, 3.8) is 0 Å². The van der Waals surface area contributed by atoms with Gasteiger partial charge >= 0.3 is 6.09 Å². The third-order valence-electron chi connectivity index (χ3n) is 10.1. The van der Waals surface area contributed by atoms with Gasteiger partial charge < -0.3 is 29.8 Å². The van der Waals surface area contributed by atoms with E-state index < -0.39 is 12.1 Å². The molecule has 2 saturated heterocycles. The Bertz CT molecular complexity index is 2000. The van der Waals surface area contributed by atoms with E-state index in [0.717, 1.165) is 77.5 Å². The van der Waals surface area contributed by atoms with Crippen LogP contribution in [0, 0.1) is 5.92 Å². The van der Waals surface area contributed by atoms with E-state index in [1.165, 1.54) is 7.11 Å². The van der Waals surface area contributed by atoms with Gasteiger partial charge in [0.05, 0.1) is 43.0 Å². The van der Waals surface area contributed by atoms with Crippen molar-refractivity contribution in [2.75, 3.05) is 20.2 Å². The van der Waals surface area contributed by atoms with Crippen LogP contribution < -0.4 is 5.32 Å². The third-order valence-corrected chi connectivity index (χ3v) is 10.1. The van der Waals surface area contributed by atoms with Crippen molar-refractivity contribution in [2.24, 2.45) is 5.92 Å². The number of rotatable bonds is 10. The first-order chi connectivity index (χ1) is 25.3. The lowest BCUT2D eigenvalue weighted by atomic mass is 10.0. The largest absolute Gasteiger partial charge is 0.453 e.